The van der Waals surface area contributed by atoms with E-state index in [4.69, 9.17) is 14.2 Å². The summed E-state index contributed by atoms with van der Waals surface area (Å²) in [6, 6.07) is 12.8. The summed E-state index contributed by atoms with van der Waals surface area (Å²) in [6.07, 6.45) is -1.53. The van der Waals surface area contributed by atoms with Gasteiger partial charge in [0.15, 0.2) is 0 Å². The number of nitrogens with zero attached hydrogens (tertiary/aromatic N) is 4. The Morgan fingerprint density at radius 1 is 1.11 bits per heavy atom. The van der Waals surface area contributed by atoms with Crippen molar-refractivity contribution in [3.05, 3.63) is 70.4 Å². The first-order valence-corrected chi connectivity index (χ1v) is 12.2. The zero-order chi connectivity index (χ0) is 26.9. The van der Waals surface area contributed by atoms with Crippen LogP contribution in [0.1, 0.15) is 25.3 Å². The highest BCUT2D eigenvalue weighted by Gasteiger charge is 2.36. The number of hydrogen-bond donors (Lipinski definition) is 0. The molecule has 5 rings (SSSR count). The normalized spacial score (nSPS) is 19.9. The third kappa shape index (κ3) is 5.79. The largest absolute Gasteiger partial charge is 0.493 e. The molecule has 2 aliphatic rings. The van der Waals surface area contributed by atoms with Crippen molar-refractivity contribution >= 4 is 11.5 Å². The third-order valence-corrected chi connectivity index (χ3v) is 6.73. The zero-order valence-corrected chi connectivity index (χ0v) is 20.7. The summed E-state index contributed by atoms with van der Waals surface area (Å²) in [6.45, 7) is 4.71. The van der Waals surface area contributed by atoms with Crippen LogP contribution in [-0.4, -0.2) is 46.9 Å². The van der Waals surface area contributed by atoms with Gasteiger partial charge in [0.05, 0.1) is 17.6 Å². The molecular weight excluding hydrogens is 505 g/mol. The topological polar surface area (TPSA) is 91.9 Å². The molecule has 0 bridgehead atoms. The second kappa shape index (κ2) is 10.1. The minimum atomic E-state index is -4.36. The van der Waals surface area contributed by atoms with Crippen LogP contribution in [0.25, 0.3) is 0 Å². The molecule has 1 saturated heterocycles. The van der Waals surface area contributed by atoms with Crippen molar-refractivity contribution in [2.24, 2.45) is 5.41 Å². The first-order chi connectivity index (χ1) is 18.1. The average molecular weight is 533 g/mol. The van der Waals surface area contributed by atoms with E-state index in [0.717, 1.165) is 43.8 Å². The van der Waals surface area contributed by atoms with Crippen molar-refractivity contribution < 1.29 is 32.3 Å². The van der Waals surface area contributed by atoms with Gasteiger partial charge in [-0.1, -0.05) is 6.92 Å². The highest BCUT2D eigenvalue weighted by Crippen LogP contribution is 2.33. The molecule has 0 spiro atoms. The molecule has 2 aromatic carbocycles. The Labute approximate surface area is 216 Å². The first kappa shape index (κ1) is 25.7. The van der Waals surface area contributed by atoms with Crippen LogP contribution in [0.3, 0.4) is 0 Å². The number of benzene rings is 2. The molecule has 0 aliphatic carbocycles. The number of rotatable bonds is 7. The quantitative estimate of drug-likeness (QED) is 0.300. The van der Waals surface area contributed by atoms with Gasteiger partial charge >= 0.3 is 18.0 Å². The Kier molecular flexibility index (Phi) is 6.80. The molecule has 3 heterocycles. The fourth-order valence-corrected chi connectivity index (χ4v) is 4.64. The predicted molar refractivity (Wildman–Crippen MR) is 132 cm³/mol. The van der Waals surface area contributed by atoms with Crippen LogP contribution in [0.5, 0.6) is 17.5 Å². The molecule has 1 fully saturated rings. The molecule has 38 heavy (non-hydrogen) atoms. The van der Waals surface area contributed by atoms with E-state index in [9.17, 15) is 23.3 Å². The van der Waals surface area contributed by atoms with Crippen molar-refractivity contribution in [3.8, 4) is 17.5 Å². The minimum Gasteiger partial charge on any atom is -0.493 e. The predicted octanol–water partition coefficient (Wildman–Crippen LogP) is 5.34. The van der Waals surface area contributed by atoms with Crippen molar-refractivity contribution in [2.75, 3.05) is 31.2 Å². The highest BCUT2D eigenvalue weighted by molar-refractivity contribution is 5.49. The molecule has 9 nitrogen and oxygen atoms in total. The lowest BCUT2D eigenvalue weighted by Crippen LogP contribution is -2.40. The maximum Gasteiger partial charge on any atom is 0.416 e. The van der Waals surface area contributed by atoms with E-state index in [0.29, 0.717) is 31.3 Å². The first-order valence-electron chi connectivity index (χ1n) is 12.2. The summed E-state index contributed by atoms with van der Waals surface area (Å²) >= 11 is 0. The second-order valence-electron chi connectivity index (χ2n) is 9.97. The van der Waals surface area contributed by atoms with E-state index in [-0.39, 0.29) is 23.3 Å². The second-order valence-corrected chi connectivity index (χ2v) is 9.97. The van der Waals surface area contributed by atoms with E-state index >= 15 is 0 Å². The molecular formula is C26H27F3N4O5. The van der Waals surface area contributed by atoms with Crippen molar-refractivity contribution in [3.63, 3.8) is 0 Å². The van der Waals surface area contributed by atoms with Gasteiger partial charge in [0.1, 0.15) is 30.4 Å². The van der Waals surface area contributed by atoms with Gasteiger partial charge in [-0.25, -0.2) is 0 Å². The Morgan fingerprint density at radius 2 is 1.76 bits per heavy atom. The Morgan fingerprint density at radius 3 is 2.39 bits per heavy atom. The highest BCUT2D eigenvalue weighted by atomic mass is 19.4. The lowest BCUT2D eigenvalue weighted by Gasteiger charge is -2.34. The van der Waals surface area contributed by atoms with Crippen molar-refractivity contribution in [2.45, 2.75) is 38.6 Å². The van der Waals surface area contributed by atoms with E-state index < -0.39 is 16.7 Å². The molecule has 0 amide bonds. The number of anilines is 1. The zero-order valence-electron chi connectivity index (χ0n) is 20.7. The fourth-order valence-electron chi connectivity index (χ4n) is 4.64. The van der Waals surface area contributed by atoms with Gasteiger partial charge in [0.25, 0.3) is 0 Å². The van der Waals surface area contributed by atoms with Gasteiger partial charge in [-0.15, -0.1) is 0 Å². The summed E-state index contributed by atoms with van der Waals surface area (Å²) in [5.41, 5.74) is -0.0188. The molecule has 0 radical (unpaired) electrons. The molecule has 1 atom stereocenters. The third-order valence-electron chi connectivity index (χ3n) is 6.73. The Bertz CT molecular complexity index is 1270. The van der Waals surface area contributed by atoms with Crippen molar-refractivity contribution in [1.29, 1.82) is 0 Å². The maximum absolute atomic E-state index is 12.7. The summed E-state index contributed by atoms with van der Waals surface area (Å²) in [5, 5.41) is 11.0. The molecule has 0 unspecified atom stereocenters. The number of fused-ring (bicyclic) bond motifs is 1. The van der Waals surface area contributed by atoms with Crippen LogP contribution in [-0.2, 0) is 12.7 Å². The molecule has 12 heteroatoms. The average Bonchev–Trinajstić information content (AvgIpc) is 3.32. The molecule has 0 N–H and O–H groups in total. The van der Waals surface area contributed by atoms with Crippen LogP contribution in [0, 0.1) is 15.5 Å². The number of hydrogen-bond acceptors (Lipinski definition) is 7. The van der Waals surface area contributed by atoms with E-state index in [1.54, 1.807) is 4.57 Å². The van der Waals surface area contributed by atoms with E-state index in [1.165, 1.54) is 18.3 Å². The van der Waals surface area contributed by atoms with Gasteiger partial charge in [0.2, 0.25) is 0 Å². The van der Waals surface area contributed by atoms with Crippen LogP contribution >= 0.6 is 0 Å². The monoisotopic (exact) mass is 532 g/mol. The smallest absolute Gasteiger partial charge is 0.416 e. The summed E-state index contributed by atoms with van der Waals surface area (Å²) in [5.74, 6) is 0.909. The molecule has 0 saturated carbocycles. The van der Waals surface area contributed by atoms with E-state index in [2.05, 4.69) is 9.88 Å². The number of aromatic nitrogens is 2. The number of alkyl halides is 3. The standard InChI is InChI=1S/C26H27F3N4O5/c1-25(15-32-14-23(33(34)35)30-24(32)37-17-25)16-36-20-8-4-19(5-9-20)31-12-10-22(11-13-31)38-21-6-2-18(3-7-21)26(27,28)29/h2-9,14,22H,10-13,15-17H2,1H3/t25-/m1/s1. The number of halogens is 3. The summed E-state index contributed by atoms with van der Waals surface area (Å²) in [4.78, 5) is 16.5. The van der Waals surface area contributed by atoms with Crippen LogP contribution < -0.4 is 19.1 Å². The summed E-state index contributed by atoms with van der Waals surface area (Å²) in [7, 11) is 0. The molecule has 202 valence electrons. The molecule has 3 aromatic rings. The molecule has 1 aromatic heterocycles. The van der Waals surface area contributed by atoms with Crippen LogP contribution in [0.4, 0.5) is 24.7 Å². The van der Waals surface area contributed by atoms with Gasteiger partial charge < -0.3 is 29.2 Å². The summed E-state index contributed by atoms with van der Waals surface area (Å²) < 4.78 is 57.4. The number of imidazole rings is 1. The number of nitro groups is 1. The van der Waals surface area contributed by atoms with Gasteiger partial charge in [-0.2, -0.15) is 13.2 Å². The maximum atomic E-state index is 12.7. The van der Waals surface area contributed by atoms with Gasteiger partial charge in [-0.3, -0.25) is 4.57 Å². The number of ether oxygens (including phenoxy) is 3. The minimum absolute atomic E-state index is 0.0542. The van der Waals surface area contributed by atoms with Crippen molar-refractivity contribution in [1.82, 2.24) is 9.55 Å². The number of piperidine rings is 1. The Hall–Kier alpha value is -3.96. The lowest BCUT2D eigenvalue weighted by atomic mass is 9.92. The van der Waals surface area contributed by atoms with Crippen LogP contribution in [0.15, 0.2) is 54.7 Å². The SMILES string of the molecule is C[C@@]1(COc2ccc(N3CCC(Oc4ccc(C(F)(F)F)cc4)CC3)cc2)COc2nc([N+](=O)[O-])cn2C1. The molecule has 2 aliphatic heterocycles. The van der Waals surface area contributed by atoms with Gasteiger partial charge in [0, 0.05) is 43.1 Å². The van der Waals surface area contributed by atoms with Gasteiger partial charge in [-0.05, 0) is 53.5 Å². The van der Waals surface area contributed by atoms with E-state index in [1.807, 2.05) is 31.2 Å². The van der Waals surface area contributed by atoms with Crippen LogP contribution in [0.2, 0.25) is 0 Å². The Balaban J connectivity index is 1.10. The fraction of sp³-hybridized carbons (Fsp3) is 0.423. The lowest BCUT2D eigenvalue weighted by molar-refractivity contribution is -0.389.